The molecule has 0 radical (unpaired) electrons. The van der Waals surface area contributed by atoms with Crippen LogP contribution in [0.3, 0.4) is 0 Å². The second-order valence-electron chi connectivity index (χ2n) is 5.24. The topological polar surface area (TPSA) is 110 Å². The number of nitrogens with one attached hydrogen (secondary N) is 1. The predicted octanol–water partition coefficient (Wildman–Crippen LogP) is 2.65. The van der Waals surface area contributed by atoms with Crippen molar-refractivity contribution in [3.63, 3.8) is 0 Å². The number of hydrogen-bond donors (Lipinski definition) is 1. The van der Waals surface area contributed by atoms with E-state index in [1.54, 1.807) is 6.07 Å². The first kappa shape index (κ1) is 17.3. The van der Waals surface area contributed by atoms with Gasteiger partial charge in [0.2, 0.25) is 11.9 Å². The number of ether oxygens (including phenoxy) is 3. The second-order valence-corrected chi connectivity index (χ2v) is 5.24. The molecule has 0 spiro atoms. The van der Waals surface area contributed by atoms with Crippen LogP contribution >= 0.6 is 0 Å². The smallest absolute Gasteiger partial charge is 0.417 e. The average Bonchev–Trinajstić information content (AvgIpc) is 3.08. The molecule has 3 heterocycles. The van der Waals surface area contributed by atoms with Crippen LogP contribution in [0.1, 0.15) is 12.7 Å². The van der Waals surface area contributed by atoms with Crippen LogP contribution in [0.25, 0.3) is 11.0 Å². The Labute approximate surface area is 148 Å². The number of aromatic nitrogens is 2. The molecular formula is C17H17N3O6. The summed E-state index contributed by atoms with van der Waals surface area (Å²) in [5.41, 5.74) is 0.697. The first-order valence-electron chi connectivity index (χ1n) is 7.76. The molecule has 0 fully saturated rings. The van der Waals surface area contributed by atoms with Crippen LogP contribution < -0.4 is 24.3 Å². The number of rotatable bonds is 5. The van der Waals surface area contributed by atoms with Crippen molar-refractivity contribution in [3.8, 4) is 17.4 Å². The molecule has 0 atom stereocenters. The fourth-order valence-electron chi connectivity index (χ4n) is 2.39. The number of furan rings is 1. The third kappa shape index (κ3) is 3.32. The van der Waals surface area contributed by atoms with E-state index in [9.17, 15) is 10.0 Å². The fraction of sp³-hybridized carbons (Fsp3) is 0.235. The Kier molecular flexibility index (Phi) is 4.78. The van der Waals surface area contributed by atoms with Gasteiger partial charge < -0.3 is 23.8 Å². The summed E-state index contributed by atoms with van der Waals surface area (Å²) in [5.74, 6) is 1.43. The Hall–Kier alpha value is -3.49. The van der Waals surface area contributed by atoms with Gasteiger partial charge >= 0.3 is 6.09 Å². The Morgan fingerprint density at radius 1 is 1.35 bits per heavy atom. The standard InChI is InChI=1S/C17H17N3O6/c1-4-10-7-11-13(8-18-16(24-3)15(11)25-10)26-17(21)19-12-5-6-20(22)9-14(12)23-2/h5-9H,4H2,1-3H3,(H,19,21). The number of fused-ring (bicyclic) bond motifs is 1. The first-order chi connectivity index (χ1) is 12.5. The second kappa shape index (κ2) is 7.18. The number of aryl methyl sites for hydroxylation is 1. The maximum Gasteiger partial charge on any atom is 0.417 e. The highest BCUT2D eigenvalue weighted by molar-refractivity contribution is 5.93. The van der Waals surface area contributed by atoms with Crippen molar-refractivity contribution in [2.45, 2.75) is 13.3 Å². The molecule has 9 nitrogen and oxygen atoms in total. The molecule has 136 valence electrons. The molecule has 26 heavy (non-hydrogen) atoms. The number of nitrogens with zero attached hydrogens (tertiary/aromatic N) is 2. The largest absolute Gasteiger partial charge is 0.619 e. The quantitative estimate of drug-likeness (QED) is 0.551. The van der Waals surface area contributed by atoms with Gasteiger partial charge in [-0.3, -0.25) is 5.32 Å². The Morgan fingerprint density at radius 2 is 2.15 bits per heavy atom. The van der Waals surface area contributed by atoms with E-state index in [0.717, 1.165) is 0 Å². The van der Waals surface area contributed by atoms with E-state index in [1.807, 2.05) is 6.92 Å². The predicted molar refractivity (Wildman–Crippen MR) is 91.5 cm³/mol. The van der Waals surface area contributed by atoms with E-state index in [-0.39, 0.29) is 11.5 Å². The molecule has 3 aromatic rings. The van der Waals surface area contributed by atoms with Gasteiger partial charge in [-0.2, -0.15) is 4.73 Å². The Bertz CT molecular complexity index is 953. The molecule has 0 unspecified atom stereocenters. The molecule has 0 saturated carbocycles. The van der Waals surface area contributed by atoms with E-state index in [1.165, 1.54) is 38.9 Å². The molecule has 9 heteroatoms. The van der Waals surface area contributed by atoms with Crippen LogP contribution in [-0.4, -0.2) is 25.3 Å². The zero-order chi connectivity index (χ0) is 18.7. The van der Waals surface area contributed by atoms with Gasteiger partial charge in [0.05, 0.1) is 31.5 Å². The molecule has 0 aliphatic rings. The maximum absolute atomic E-state index is 12.2. The number of methoxy groups -OCH3 is 2. The van der Waals surface area contributed by atoms with Gasteiger partial charge in [-0.05, 0) is 6.07 Å². The first-order valence-corrected chi connectivity index (χ1v) is 7.76. The highest BCUT2D eigenvalue weighted by Crippen LogP contribution is 2.34. The summed E-state index contributed by atoms with van der Waals surface area (Å²) >= 11 is 0. The van der Waals surface area contributed by atoms with Gasteiger partial charge in [-0.15, -0.1) is 0 Å². The lowest BCUT2D eigenvalue weighted by Gasteiger charge is -2.10. The number of pyridine rings is 2. The molecule has 1 N–H and O–H groups in total. The zero-order valence-electron chi connectivity index (χ0n) is 14.4. The van der Waals surface area contributed by atoms with Gasteiger partial charge in [0, 0.05) is 12.5 Å². The van der Waals surface area contributed by atoms with E-state index < -0.39 is 6.09 Å². The van der Waals surface area contributed by atoms with Crippen LogP contribution in [0.15, 0.2) is 35.1 Å². The van der Waals surface area contributed by atoms with Crippen LogP contribution in [-0.2, 0) is 6.42 Å². The maximum atomic E-state index is 12.2. The normalized spacial score (nSPS) is 10.6. The van der Waals surface area contributed by atoms with Gasteiger partial charge in [0.25, 0.3) is 5.88 Å². The molecule has 0 saturated heterocycles. The lowest BCUT2D eigenvalue weighted by molar-refractivity contribution is -0.605. The Balaban J connectivity index is 1.87. The van der Waals surface area contributed by atoms with Crippen molar-refractivity contribution in [1.29, 1.82) is 0 Å². The van der Waals surface area contributed by atoms with Crippen molar-refractivity contribution in [1.82, 2.24) is 4.98 Å². The van der Waals surface area contributed by atoms with Crippen LogP contribution in [0, 0.1) is 5.21 Å². The molecular weight excluding hydrogens is 342 g/mol. The van der Waals surface area contributed by atoms with Crippen LogP contribution in [0.2, 0.25) is 0 Å². The Morgan fingerprint density at radius 3 is 2.85 bits per heavy atom. The van der Waals surface area contributed by atoms with Crippen molar-refractivity contribution >= 4 is 22.7 Å². The van der Waals surface area contributed by atoms with Crippen molar-refractivity contribution in [3.05, 3.63) is 41.7 Å². The molecule has 3 aromatic heterocycles. The van der Waals surface area contributed by atoms with Gasteiger partial charge in [-0.25, -0.2) is 9.78 Å². The summed E-state index contributed by atoms with van der Waals surface area (Å²) in [6, 6.07) is 3.17. The third-order valence-electron chi connectivity index (χ3n) is 3.64. The minimum absolute atomic E-state index is 0.203. The molecule has 3 rings (SSSR count). The van der Waals surface area contributed by atoms with Gasteiger partial charge in [0.15, 0.2) is 17.5 Å². The van der Waals surface area contributed by atoms with Gasteiger partial charge in [0.1, 0.15) is 5.76 Å². The lowest BCUT2D eigenvalue weighted by atomic mass is 10.2. The van der Waals surface area contributed by atoms with E-state index in [4.69, 9.17) is 18.6 Å². The highest BCUT2D eigenvalue weighted by atomic mass is 16.6. The van der Waals surface area contributed by atoms with Crippen molar-refractivity contribution in [2.24, 2.45) is 0 Å². The van der Waals surface area contributed by atoms with Crippen LogP contribution in [0.5, 0.6) is 17.4 Å². The number of carbonyl (C=O) groups is 1. The molecule has 0 bridgehead atoms. The number of amides is 1. The van der Waals surface area contributed by atoms with Crippen molar-refractivity contribution in [2.75, 3.05) is 19.5 Å². The molecule has 0 aliphatic carbocycles. The van der Waals surface area contributed by atoms with E-state index in [2.05, 4.69) is 10.3 Å². The molecule has 0 aliphatic heterocycles. The molecule has 1 amide bonds. The minimum atomic E-state index is -0.764. The third-order valence-corrected chi connectivity index (χ3v) is 3.64. The summed E-state index contributed by atoms with van der Waals surface area (Å²) in [5, 5.41) is 14.4. The van der Waals surface area contributed by atoms with Gasteiger partial charge in [-0.1, -0.05) is 6.92 Å². The lowest BCUT2D eigenvalue weighted by Crippen LogP contribution is -2.26. The summed E-state index contributed by atoms with van der Waals surface area (Å²) in [6.45, 7) is 1.94. The molecule has 0 aromatic carbocycles. The van der Waals surface area contributed by atoms with E-state index in [0.29, 0.717) is 39.4 Å². The van der Waals surface area contributed by atoms with E-state index >= 15 is 0 Å². The number of hydrogen-bond acceptors (Lipinski definition) is 7. The monoisotopic (exact) mass is 359 g/mol. The summed E-state index contributed by atoms with van der Waals surface area (Å²) < 4.78 is 21.8. The zero-order valence-corrected chi connectivity index (χ0v) is 14.4. The van der Waals surface area contributed by atoms with Crippen molar-refractivity contribution < 1.29 is 28.2 Å². The minimum Gasteiger partial charge on any atom is -0.619 e. The fourth-order valence-corrected chi connectivity index (χ4v) is 2.39. The summed E-state index contributed by atoms with van der Waals surface area (Å²) in [7, 11) is 2.87. The highest BCUT2D eigenvalue weighted by Gasteiger charge is 2.18. The summed E-state index contributed by atoms with van der Waals surface area (Å²) in [4.78, 5) is 16.3. The average molecular weight is 359 g/mol. The number of anilines is 1. The number of carbonyl (C=O) groups excluding carboxylic acids is 1. The summed E-state index contributed by atoms with van der Waals surface area (Å²) in [6.07, 6.45) is 3.70. The van der Waals surface area contributed by atoms with Crippen LogP contribution in [0.4, 0.5) is 10.5 Å². The SMILES string of the molecule is CCc1cc2c(OC(=O)Nc3cc[n+]([O-])cc3OC)cnc(OC)c2o1.